The lowest BCUT2D eigenvalue weighted by molar-refractivity contribution is -0.120. The van der Waals surface area contributed by atoms with Crippen molar-refractivity contribution in [3.8, 4) is 0 Å². The minimum atomic E-state index is -0.0440. The van der Waals surface area contributed by atoms with Gasteiger partial charge in [0.2, 0.25) is 5.91 Å². The maximum absolute atomic E-state index is 11.6. The van der Waals surface area contributed by atoms with Crippen molar-refractivity contribution in [2.24, 2.45) is 17.8 Å². The third-order valence-corrected chi connectivity index (χ3v) is 3.93. The molecule has 90 valence electrons. The van der Waals surface area contributed by atoms with Gasteiger partial charge in [0.15, 0.2) is 0 Å². The highest BCUT2D eigenvalue weighted by Crippen LogP contribution is 2.19. The number of carbonyl (C=O) groups is 1. The Hall–Kier alpha value is -0.0500. The van der Waals surface area contributed by atoms with Crippen molar-refractivity contribution in [3.63, 3.8) is 0 Å². The van der Waals surface area contributed by atoms with Crippen molar-refractivity contribution in [2.75, 3.05) is 6.54 Å². The summed E-state index contributed by atoms with van der Waals surface area (Å²) < 4.78 is 0. The molecule has 0 aliphatic rings. The van der Waals surface area contributed by atoms with E-state index in [0.29, 0.717) is 17.8 Å². The first-order chi connectivity index (χ1) is 6.90. The van der Waals surface area contributed by atoms with E-state index in [0.717, 1.165) is 13.0 Å². The molecule has 1 amide bonds. The zero-order chi connectivity index (χ0) is 12.0. The summed E-state index contributed by atoms with van der Waals surface area (Å²) in [6.45, 7) is 11.6. The van der Waals surface area contributed by atoms with Gasteiger partial charge in [0.25, 0.3) is 0 Å². The fraction of sp³-hybridized carbons (Fsp3) is 0.917. The average Bonchev–Trinajstić information content (AvgIpc) is 2.15. The zero-order valence-electron chi connectivity index (χ0n) is 10.5. The smallest absolute Gasteiger partial charge is 0.233 e. The number of amides is 1. The first-order valence-corrected chi connectivity index (χ1v) is 6.73. The van der Waals surface area contributed by atoms with Crippen LogP contribution in [0.1, 0.15) is 41.0 Å². The molecular weight excluding hydrogens is 254 g/mol. The van der Waals surface area contributed by atoms with Gasteiger partial charge >= 0.3 is 0 Å². The van der Waals surface area contributed by atoms with Gasteiger partial charge < -0.3 is 5.32 Å². The standard InChI is InChI=1S/C12H24BrNO/c1-6-11(13)12(15)14-7-10(8(2)3)9(4)5/h8-11H,6-7H2,1-5H3,(H,14,15). The molecule has 1 atom stereocenters. The predicted molar refractivity (Wildman–Crippen MR) is 69.2 cm³/mol. The summed E-state index contributed by atoms with van der Waals surface area (Å²) in [6, 6.07) is 0. The second-order valence-electron chi connectivity index (χ2n) is 4.77. The fourth-order valence-electron chi connectivity index (χ4n) is 1.76. The molecule has 0 aromatic rings. The molecule has 0 heterocycles. The van der Waals surface area contributed by atoms with E-state index in [4.69, 9.17) is 0 Å². The van der Waals surface area contributed by atoms with Crippen molar-refractivity contribution in [2.45, 2.75) is 45.9 Å². The minimum absolute atomic E-state index is 0.0440. The van der Waals surface area contributed by atoms with E-state index in [9.17, 15) is 4.79 Å². The number of alkyl halides is 1. The van der Waals surface area contributed by atoms with E-state index in [1.165, 1.54) is 0 Å². The molecule has 0 aliphatic heterocycles. The molecule has 0 rings (SSSR count). The van der Waals surface area contributed by atoms with Crippen LogP contribution in [-0.2, 0) is 4.79 Å². The second kappa shape index (κ2) is 7.26. The molecule has 0 fully saturated rings. The molecule has 0 aromatic heterocycles. The van der Waals surface area contributed by atoms with Crippen LogP contribution in [0.4, 0.5) is 0 Å². The summed E-state index contributed by atoms with van der Waals surface area (Å²) >= 11 is 3.35. The summed E-state index contributed by atoms with van der Waals surface area (Å²) in [6.07, 6.45) is 0.833. The topological polar surface area (TPSA) is 29.1 Å². The van der Waals surface area contributed by atoms with Gasteiger partial charge in [-0.25, -0.2) is 0 Å². The number of rotatable bonds is 6. The van der Waals surface area contributed by atoms with Gasteiger partial charge in [-0.2, -0.15) is 0 Å². The highest BCUT2D eigenvalue weighted by atomic mass is 79.9. The molecule has 0 saturated carbocycles. The maximum Gasteiger partial charge on any atom is 0.233 e. The lowest BCUT2D eigenvalue weighted by Gasteiger charge is -2.25. The molecule has 1 unspecified atom stereocenters. The van der Waals surface area contributed by atoms with E-state index in [1.54, 1.807) is 0 Å². The Morgan fingerprint density at radius 2 is 1.67 bits per heavy atom. The molecule has 0 aliphatic carbocycles. The van der Waals surface area contributed by atoms with Crippen molar-refractivity contribution in [3.05, 3.63) is 0 Å². The maximum atomic E-state index is 11.6. The molecule has 0 spiro atoms. The van der Waals surface area contributed by atoms with Gasteiger partial charge in [0.1, 0.15) is 0 Å². The van der Waals surface area contributed by atoms with Crippen LogP contribution in [0.2, 0.25) is 0 Å². The Bertz CT molecular complexity index is 184. The number of hydrogen-bond donors (Lipinski definition) is 1. The summed E-state index contributed by atoms with van der Waals surface area (Å²) in [5, 5.41) is 3.01. The van der Waals surface area contributed by atoms with Crippen LogP contribution in [0, 0.1) is 17.8 Å². The number of carbonyl (C=O) groups excluding carboxylic acids is 1. The molecule has 3 heteroatoms. The molecule has 15 heavy (non-hydrogen) atoms. The van der Waals surface area contributed by atoms with Crippen molar-refractivity contribution in [1.82, 2.24) is 5.32 Å². The van der Waals surface area contributed by atoms with Gasteiger partial charge in [-0.1, -0.05) is 50.5 Å². The number of hydrogen-bond acceptors (Lipinski definition) is 1. The van der Waals surface area contributed by atoms with E-state index in [-0.39, 0.29) is 10.7 Å². The molecule has 2 nitrogen and oxygen atoms in total. The van der Waals surface area contributed by atoms with Gasteiger partial charge in [-0.05, 0) is 24.2 Å². The molecule has 1 N–H and O–H groups in total. The third-order valence-electron chi connectivity index (χ3n) is 2.87. The lowest BCUT2D eigenvalue weighted by atomic mass is 9.85. The van der Waals surface area contributed by atoms with Crippen LogP contribution < -0.4 is 5.32 Å². The first-order valence-electron chi connectivity index (χ1n) is 5.81. The molecule has 0 bridgehead atoms. The summed E-state index contributed by atoms with van der Waals surface area (Å²) in [4.78, 5) is 11.5. The van der Waals surface area contributed by atoms with E-state index >= 15 is 0 Å². The van der Waals surface area contributed by atoms with E-state index in [1.807, 2.05) is 6.92 Å². The van der Waals surface area contributed by atoms with Crippen LogP contribution >= 0.6 is 15.9 Å². The van der Waals surface area contributed by atoms with Crippen LogP contribution in [0.3, 0.4) is 0 Å². The summed E-state index contributed by atoms with van der Waals surface area (Å²) in [5.74, 6) is 1.90. The molecule has 0 aromatic carbocycles. The lowest BCUT2D eigenvalue weighted by Crippen LogP contribution is -2.37. The summed E-state index contributed by atoms with van der Waals surface area (Å²) in [7, 11) is 0. The normalized spacial score (nSPS) is 13.7. The molecule has 0 radical (unpaired) electrons. The summed E-state index contributed by atoms with van der Waals surface area (Å²) in [5.41, 5.74) is 0. The van der Waals surface area contributed by atoms with E-state index in [2.05, 4.69) is 48.9 Å². The Morgan fingerprint density at radius 3 is 2.00 bits per heavy atom. The molecule has 0 saturated heterocycles. The van der Waals surface area contributed by atoms with Crippen LogP contribution in [0.25, 0.3) is 0 Å². The van der Waals surface area contributed by atoms with Gasteiger partial charge in [0.05, 0.1) is 4.83 Å². The second-order valence-corrected chi connectivity index (χ2v) is 5.88. The van der Waals surface area contributed by atoms with Crippen molar-refractivity contribution < 1.29 is 4.79 Å². The zero-order valence-corrected chi connectivity index (χ0v) is 12.1. The average molecular weight is 278 g/mol. The first kappa shape index (κ1) is 14.9. The monoisotopic (exact) mass is 277 g/mol. The largest absolute Gasteiger partial charge is 0.355 e. The highest BCUT2D eigenvalue weighted by molar-refractivity contribution is 9.10. The Kier molecular flexibility index (Phi) is 7.24. The number of halogens is 1. The van der Waals surface area contributed by atoms with Crippen LogP contribution in [0.15, 0.2) is 0 Å². The van der Waals surface area contributed by atoms with Crippen LogP contribution in [0.5, 0.6) is 0 Å². The van der Waals surface area contributed by atoms with Crippen molar-refractivity contribution in [1.29, 1.82) is 0 Å². The Labute approximate surface area is 102 Å². The van der Waals surface area contributed by atoms with Crippen LogP contribution in [-0.4, -0.2) is 17.3 Å². The highest BCUT2D eigenvalue weighted by Gasteiger charge is 2.19. The molecular formula is C12H24BrNO. The fourth-order valence-corrected chi connectivity index (χ4v) is 1.92. The van der Waals surface area contributed by atoms with Gasteiger partial charge in [0, 0.05) is 6.54 Å². The SMILES string of the molecule is CCC(Br)C(=O)NCC(C(C)C)C(C)C. The van der Waals surface area contributed by atoms with Gasteiger partial charge in [-0.15, -0.1) is 0 Å². The third kappa shape index (κ3) is 5.55. The minimum Gasteiger partial charge on any atom is -0.355 e. The Balaban J connectivity index is 4.05. The number of nitrogens with one attached hydrogen (secondary N) is 1. The Morgan fingerprint density at radius 1 is 1.20 bits per heavy atom. The quantitative estimate of drug-likeness (QED) is 0.743. The predicted octanol–water partition coefficient (Wildman–Crippen LogP) is 3.20. The van der Waals surface area contributed by atoms with E-state index < -0.39 is 0 Å². The van der Waals surface area contributed by atoms with Crippen molar-refractivity contribution >= 4 is 21.8 Å². The van der Waals surface area contributed by atoms with Gasteiger partial charge in [-0.3, -0.25) is 4.79 Å².